The number of phenolic OH excluding ortho intramolecular Hbond substituents is 1. The number of hydrogen-bond acceptors (Lipinski definition) is 5. The van der Waals surface area contributed by atoms with E-state index in [1.807, 2.05) is 55.5 Å². The molecule has 0 aliphatic carbocycles. The van der Waals surface area contributed by atoms with Gasteiger partial charge < -0.3 is 9.84 Å². The van der Waals surface area contributed by atoms with Gasteiger partial charge in [0.1, 0.15) is 23.8 Å². The van der Waals surface area contributed by atoms with Crippen molar-refractivity contribution in [3.8, 4) is 22.8 Å². The molecule has 3 aromatic carbocycles. The molecule has 160 valence electrons. The number of carbonyl (C=O) groups is 1. The van der Waals surface area contributed by atoms with Crippen LogP contribution in [0.4, 0.5) is 0 Å². The van der Waals surface area contributed by atoms with Crippen LogP contribution in [0.2, 0.25) is 0 Å². The average Bonchev–Trinajstić information content (AvgIpc) is 3.29. The van der Waals surface area contributed by atoms with Gasteiger partial charge in [-0.2, -0.15) is 10.2 Å². The first-order valence-electron chi connectivity index (χ1n) is 10.0. The van der Waals surface area contributed by atoms with Crippen molar-refractivity contribution in [1.82, 2.24) is 15.6 Å². The van der Waals surface area contributed by atoms with Gasteiger partial charge in [0.25, 0.3) is 5.91 Å². The van der Waals surface area contributed by atoms with Gasteiger partial charge in [-0.1, -0.05) is 54.1 Å². The Balaban J connectivity index is 1.43. The molecule has 4 rings (SSSR count). The van der Waals surface area contributed by atoms with Gasteiger partial charge in [-0.15, -0.1) is 0 Å². The number of aryl methyl sites for hydroxylation is 1. The molecule has 0 saturated heterocycles. The summed E-state index contributed by atoms with van der Waals surface area (Å²) in [5, 5.41) is 20.4. The van der Waals surface area contributed by atoms with E-state index in [0.29, 0.717) is 23.6 Å². The number of rotatable bonds is 7. The van der Waals surface area contributed by atoms with E-state index in [9.17, 15) is 9.90 Å². The van der Waals surface area contributed by atoms with Crippen LogP contribution in [0.25, 0.3) is 11.3 Å². The van der Waals surface area contributed by atoms with Crippen LogP contribution in [-0.4, -0.2) is 27.4 Å². The Morgan fingerprint density at radius 3 is 2.72 bits per heavy atom. The third-order valence-electron chi connectivity index (χ3n) is 4.75. The third kappa shape index (κ3) is 5.20. The second-order valence-electron chi connectivity index (χ2n) is 7.23. The molecule has 0 unspecified atom stereocenters. The molecule has 32 heavy (non-hydrogen) atoms. The molecule has 1 heterocycles. The van der Waals surface area contributed by atoms with Crippen LogP contribution in [0.1, 0.15) is 27.2 Å². The van der Waals surface area contributed by atoms with E-state index in [2.05, 4.69) is 20.7 Å². The van der Waals surface area contributed by atoms with Crippen molar-refractivity contribution < 1.29 is 14.6 Å². The first-order chi connectivity index (χ1) is 15.6. The van der Waals surface area contributed by atoms with Crippen molar-refractivity contribution in [2.24, 2.45) is 5.10 Å². The number of benzene rings is 3. The van der Waals surface area contributed by atoms with Crippen LogP contribution in [0.5, 0.6) is 11.5 Å². The predicted octanol–water partition coefficient (Wildman–Crippen LogP) is 4.43. The van der Waals surface area contributed by atoms with Crippen molar-refractivity contribution in [2.45, 2.75) is 13.5 Å². The molecular weight excluding hydrogens is 404 g/mol. The Hall–Kier alpha value is -4.39. The molecule has 0 atom stereocenters. The molecular formula is C25H22N4O3. The lowest BCUT2D eigenvalue weighted by atomic mass is 10.1. The molecule has 0 saturated carbocycles. The highest BCUT2D eigenvalue weighted by atomic mass is 16.5. The zero-order chi connectivity index (χ0) is 22.3. The Morgan fingerprint density at radius 1 is 1.09 bits per heavy atom. The lowest BCUT2D eigenvalue weighted by Gasteiger charge is -2.10. The van der Waals surface area contributed by atoms with Crippen molar-refractivity contribution in [1.29, 1.82) is 0 Å². The summed E-state index contributed by atoms with van der Waals surface area (Å²) in [6.07, 6.45) is 1.45. The van der Waals surface area contributed by atoms with E-state index in [4.69, 9.17) is 4.74 Å². The number of H-pyrrole nitrogens is 1. The van der Waals surface area contributed by atoms with Crippen LogP contribution in [-0.2, 0) is 6.61 Å². The Labute approximate surface area is 185 Å². The number of para-hydroxylation sites is 1. The Morgan fingerprint density at radius 2 is 1.91 bits per heavy atom. The average molecular weight is 426 g/mol. The number of ether oxygens (including phenoxy) is 1. The van der Waals surface area contributed by atoms with Gasteiger partial charge >= 0.3 is 0 Å². The van der Waals surface area contributed by atoms with Gasteiger partial charge in [-0.25, -0.2) is 5.43 Å². The number of nitrogens with one attached hydrogen (secondary N) is 2. The standard InChI is InChI=1S/C25H22N4O3/c1-17-9-11-18(12-10-17)16-32-24-8-3-2-7-21(24)22-14-23(28-27-22)25(31)29-26-15-19-5-4-6-20(30)13-19/h2-15,30H,16H2,1H3,(H,27,28)(H,29,31)/b26-15-. The fourth-order valence-electron chi connectivity index (χ4n) is 3.06. The number of aromatic amines is 1. The molecule has 3 N–H and O–H groups in total. The van der Waals surface area contributed by atoms with Crippen molar-refractivity contribution >= 4 is 12.1 Å². The van der Waals surface area contributed by atoms with E-state index in [0.717, 1.165) is 11.1 Å². The number of aromatic nitrogens is 2. The van der Waals surface area contributed by atoms with Crippen molar-refractivity contribution in [3.05, 3.63) is 101 Å². The van der Waals surface area contributed by atoms with Crippen LogP contribution in [0, 0.1) is 6.92 Å². The summed E-state index contributed by atoms with van der Waals surface area (Å²) in [4.78, 5) is 12.4. The van der Waals surface area contributed by atoms with Gasteiger partial charge in [0.05, 0.1) is 11.9 Å². The third-order valence-corrected chi connectivity index (χ3v) is 4.75. The molecule has 0 radical (unpaired) electrons. The molecule has 1 amide bonds. The topological polar surface area (TPSA) is 99.6 Å². The summed E-state index contributed by atoms with van der Waals surface area (Å²) in [6, 6.07) is 23.9. The number of hydrazone groups is 1. The molecule has 0 bridgehead atoms. The van der Waals surface area contributed by atoms with Crippen molar-refractivity contribution in [2.75, 3.05) is 0 Å². The molecule has 7 nitrogen and oxygen atoms in total. The molecule has 0 aliphatic heterocycles. The molecule has 4 aromatic rings. The number of carbonyl (C=O) groups excluding carboxylic acids is 1. The van der Waals surface area contributed by atoms with Crippen LogP contribution in [0.3, 0.4) is 0 Å². The van der Waals surface area contributed by atoms with E-state index in [1.54, 1.807) is 24.3 Å². The smallest absolute Gasteiger partial charge is 0.289 e. The second-order valence-corrected chi connectivity index (χ2v) is 7.23. The maximum absolute atomic E-state index is 12.4. The van der Waals surface area contributed by atoms with E-state index >= 15 is 0 Å². The minimum absolute atomic E-state index is 0.127. The zero-order valence-electron chi connectivity index (χ0n) is 17.4. The van der Waals surface area contributed by atoms with Crippen molar-refractivity contribution in [3.63, 3.8) is 0 Å². The molecule has 1 aromatic heterocycles. The summed E-state index contributed by atoms with van der Waals surface area (Å²) in [5.74, 6) is 0.369. The minimum Gasteiger partial charge on any atom is -0.508 e. The highest BCUT2D eigenvalue weighted by molar-refractivity contribution is 5.94. The first-order valence-corrected chi connectivity index (χ1v) is 10.0. The summed E-state index contributed by atoms with van der Waals surface area (Å²) in [5.41, 5.74) is 7.00. The fraction of sp³-hybridized carbons (Fsp3) is 0.0800. The quantitative estimate of drug-likeness (QED) is 0.301. The lowest BCUT2D eigenvalue weighted by Crippen LogP contribution is -2.17. The summed E-state index contributed by atoms with van der Waals surface area (Å²) >= 11 is 0. The monoisotopic (exact) mass is 426 g/mol. The van der Waals surface area contributed by atoms with Crippen LogP contribution < -0.4 is 10.2 Å². The summed E-state index contributed by atoms with van der Waals surface area (Å²) < 4.78 is 6.01. The first kappa shape index (κ1) is 20.9. The second kappa shape index (κ2) is 9.61. The minimum atomic E-state index is -0.432. The number of amides is 1. The maximum Gasteiger partial charge on any atom is 0.289 e. The SMILES string of the molecule is Cc1ccc(COc2ccccc2-c2cc(C(=O)N/N=C\c3cccc(O)c3)[nH]n2)cc1. The summed E-state index contributed by atoms with van der Waals surface area (Å²) in [6.45, 7) is 2.47. The Kier molecular flexibility index (Phi) is 6.27. The Bertz CT molecular complexity index is 1250. The van der Waals surface area contributed by atoms with Crippen LogP contribution >= 0.6 is 0 Å². The van der Waals surface area contributed by atoms with Gasteiger partial charge in [0.15, 0.2) is 0 Å². The summed E-state index contributed by atoms with van der Waals surface area (Å²) in [7, 11) is 0. The highest BCUT2D eigenvalue weighted by Crippen LogP contribution is 2.29. The largest absolute Gasteiger partial charge is 0.508 e. The molecule has 7 heteroatoms. The maximum atomic E-state index is 12.4. The molecule has 0 fully saturated rings. The number of hydrogen-bond donors (Lipinski definition) is 3. The van der Waals surface area contributed by atoms with E-state index in [-0.39, 0.29) is 11.4 Å². The van der Waals surface area contributed by atoms with Crippen LogP contribution in [0.15, 0.2) is 84.0 Å². The normalized spacial score (nSPS) is 10.9. The lowest BCUT2D eigenvalue weighted by molar-refractivity contribution is 0.0950. The number of nitrogens with zero attached hydrogens (tertiary/aromatic N) is 2. The van der Waals surface area contributed by atoms with E-state index < -0.39 is 5.91 Å². The van der Waals surface area contributed by atoms with Gasteiger partial charge in [0.2, 0.25) is 0 Å². The number of aromatic hydroxyl groups is 1. The van der Waals surface area contributed by atoms with E-state index in [1.165, 1.54) is 17.8 Å². The highest BCUT2D eigenvalue weighted by Gasteiger charge is 2.14. The zero-order valence-corrected chi connectivity index (χ0v) is 17.4. The predicted molar refractivity (Wildman–Crippen MR) is 123 cm³/mol. The number of phenols is 1. The molecule has 0 spiro atoms. The van der Waals surface area contributed by atoms with Gasteiger partial charge in [-0.3, -0.25) is 9.89 Å². The van der Waals surface area contributed by atoms with Gasteiger partial charge in [-0.05, 0) is 48.4 Å². The fourth-order valence-corrected chi connectivity index (χ4v) is 3.06. The molecule has 0 aliphatic rings. The van der Waals surface area contributed by atoms with Gasteiger partial charge in [0, 0.05) is 5.56 Å².